The summed E-state index contributed by atoms with van der Waals surface area (Å²) in [5.74, 6) is 1.14. The number of pyridine rings is 1. The average Bonchev–Trinajstić information content (AvgIpc) is 2.19. The Morgan fingerprint density at radius 2 is 2.43 bits per heavy atom. The number of rotatable bonds is 4. The number of nitriles is 1. The molecule has 0 aliphatic heterocycles. The second kappa shape index (κ2) is 5.35. The Morgan fingerprint density at radius 3 is 2.93 bits per heavy atom. The highest BCUT2D eigenvalue weighted by atomic mass is 32.2. The number of nitrogens with one attached hydrogen (secondary N) is 1. The van der Waals surface area contributed by atoms with Gasteiger partial charge in [-0.05, 0) is 18.6 Å². The molecular formula is C9H11N3OS. The summed E-state index contributed by atoms with van der Waals surface area (Å²) in [6, 6.07) is 5.25. The van der Waals surface area contributed by atoms with Gasteiger partial charge in [0.15, 0.2) is 0 Å². The molecule has 0 amide bonds. The normalized spacial score (nSPS) is 11.7. The molecule has 74 valence electrons. The van der Waals surface area contributed by atoms with Gasteiger partial charge in [-0.2, -0.15) is 5.26 Å². The maximum absolute atomic E-state index is 11.3. The van der Waals surface area contributed by atoms with Crippen LogP contribution in [-0.2, 0) is 11.0 Å². The van der Waals surface area contributed by atoms with Crippen molar-refractivity contribution < 1.29 is 4.21 Å². The summed E-state index contributed by atoms with van der Waals surface area (Å²) >= 11 is 0. The third kappa shape index (κ3) is 3.15. The van der Waals surface area contributed by atoms with Crippen LogP contribution in [0, 0.1) is 11.3 Å². The van der Waals surface area contributed by atoms with Gasteiger partial charge in [0.1, 0.15) is 22.9 Å². The molecule has 0 aliphatic carbocycles. The molecule has 0 bridgehead atoms. The number of anilines is 1. The molecule has 1 aromatic heterocycles. The van der Waals surface area contributed by atoms with Gasteiger partial charge >= 0.3 is 0 Å². The van der Waals surface area contributed by atoms with Crippen molar-refractivity contribution in [2.75, 3.05) is 10.5 Å². The van der Waals surface area contributed by atoms with Gasteiger partial charge in [-0.25, -0.2) is 9.19 Å². The van der Waals surface area contributed by atoms with E-state index in [0.717, 1.165) is 6.42 Å². The van der Waals surface area contributed by atoms with Crippen LogP contribution in [0.5, 0.6) is 0 Å². The molecule has 0 aliphatic rings. The monoisotopic (exact) mass is 209 g/mol. The van der Waals surface area contributed by atoms with Crippen molar-refractivity contribution in [1.29, 1.82) is 5.26 Å². The highest BCUT2D eigenvalue weighted by Crippen LogP contribution is 2.05. The Kier molecular flexibility index (Phi) is 4.08. The fourth-order valence-corrected chi connectivity index (χ4v) is 1.70. The van der Waals surface area contributed by atoms with Crippen molar-refractivity contribution in [2.45, 2.75) is 13.3 Å². The van der Waals surface area contributed by atoms with E-state index in [1.807, 2.05) is 13.0 Å². The Labute approximate surface area is 85.6 Å². The molecule has 5 heteroatoms. The lowest BCUT2D eigenvalue weighted by molar-refractivity contribution is 0.685. The van der Waals surface area contributed by atoms with E-state index in [-0.39, 0.29) is 0 Å². The molecule has 0 saturated carbocycles. The second-order valence-corrected chi connectivity index (χ2v) is 4.00. The minimum atomic E-state index is -1.07. The molecule has 14 heavy (non-hydrogen) atoms. The van der Waals surface area contributed by atoms with Gasteiger partial charge in [-0.3, -0.25) is 4.72 Å². The third-order valence-corrected chi connectivity index (χ3v) is 2.72. The Hall–Kier alpha value is -1.41. The fourth-order valence-electron chi connectivity index (χ4n) is 0.873. The highest BCUT2D eigenvalue weighted by Gasteiger charge is 1.99. The first-order valence-corrected chi connectivity index (χ1v) is 5.59. The summed E-state index contributed by atoms with van der Waals surface area (Å²) < 4.78 is 14.0. The van der Waals surface area contributed by atoms with Crippen LogP contribution < -0.4 is 4.72 Å². The molecule has 1 unspecified atom stereocenters. The van der Waals surface area contributed by atoms with Gasteiger partial charge in [0.25, 0.3) is 0 Å². The maximum atomic E-state index is 11.3. The molecule has 1 rings (SSSR count). The highest BCUT2D eigenvalue weighted by molar-refractivity contribution is 7.86. The Morgan fingerprint density at radius 1 is 1.64 bits per heavy atom. The summed E-state index contributed by atoms with van der Waals surface area (Å²) in [5, 5.41) is 8.52. The van der Waals surface area contributed by atoms with Crippen molar-refractivity contribution in [2.24, 2.45) is 0 Å². The fraction of sp³-hybridized carbons (Fsp3) is 0.333. The second-order valence-electron chi connectivity index (χ2n) is 2.70. The van der Waals surface area contributed by atoms with Gasteiger partial charge in [0.05, 0.1) is 5.56 Å². The zero-order valence-electron chi connectivity index (χ0n) is 7.86. The number of aromatic nitrogens is 1. The molecule has 0 fully saturated rings. The Balaban J connectivity index is 2.61. The lowest BCUT2D eigenvalue weighted by atomic mass is 10.3. The maximum Gasteiger partial charge on any atom is 0.137 e. The lowest BCUT2D eigenvalue weighted by Crippen LogP contribution is -2.08. The van der Waals surface area contributed by atoms with Crippen LogP contribution in [0.1, 0.15) is 18.9 Å². The van der Waals surface area contributed by atoms with Gasteiger partial charge in [0, 0.05) is 11.9 Å². The molecule has 1 heterocycles. The Bertz CT molecular complexity index is 355. The predicted molar refractivity (Wildman–Crippen MR) is 55.9 cm³/mol. The van der Waals surface area contributed by atoms with E-state index in [1.54, 1.807) is 12.1 Å². The van der Waals surface area contributed by atoms with Crippen molar-refractivity contribution in [3.05, 3.63) is 23.9 Å². The van der Waals surface area contributed by atoms with Crippen LogP contribution >= 0.6 is 0 Å². The zero-order chi connectivity index (χ0) is 10.4. The summed E-state index contributed by atoms with van der Waals surface area (Å²) in [7, 11) is -1.07. The standard InChI is InChI=1S/C9H11N3OS/c1-2-5-14(13)12-9-4-3-8(6-10)7-11-9/h3-4,7H,2,5H2,1H3,(H,11,12). The molecule has 1 atom stereocenters. The van der Waals surface area contributed by atoms with E-state index < -0.39 is 11.0 Å². The minimum Gasteiger partial charge on any atom is -0.289 e. The van der Waals surface area contributed by atoms with Crippen LogP contribution in [0.3, 0.4) is 0 Å². The van der Waals surface area contributed by atoms with Gasteiger partial charge in [-0.1, -0.05) is 6.92 Å². The largest absolute Gasteiger partial charge is 0.289 e. The van der Waals surface area contributed by atoms with Gasteiger partial charge < -0.3 is 0 Å². The summed E-state index contributed by atoms with van der Waals surface area (Å²) in [6.45, 7) is 1.96. The van der Waals surface area contributed by atoms with Crippen LogP contribution in [0.25, 0.3) is 0 Å². The summed E-state index contributed by atoms with van der Waals surface area (Å²) in [4.78, 5) is 3.95. The van der Waals surface area contributed by atoms with Crippen LogP contribution in [-0.4, -0.2) is 14.9 Å². The molecular weight excluding hydrogens is 198 g/mol. The first kappa shape index (κ1) is 10.7. The minimum absolute atomic E-state index is 0.497. The van der Waals surface area contributed by atoms with E-state index >= 15 is 0 Å². The quantitative estimate of drug-likeness (QED) is 0.816. The smallest absolute Gasteiger partial charge is 0.137 e. The van der Waals surface area contributed by atoms with Crippen molar-refractivity contribution in [3.8, 4) is 6.07 Å². The topological polar surface area (TPSA) is 65.8 Å². The summed E-state index contributed by atoms with van der Waals surface area (Å²) in [5.41, 5.74) is 0.497. The van der Waals surface area contributed by atoms with Crippen molar-refractivity contribution >= 4 is 16.8 Å². The molecule has 0 radical (unpaired) electrons. The lowest BCUT2D eigenvalue weighted by Gasteiger charge is -2.02. The van der Waals surface area contributed by atoms with E-state index in [2.05, 4.69) is 9.71 Å². The van der Waals surface area contributed by atoms with Gasteiger partial charge in [0.2, 0.25) is 0 Å². The molecule has 0 saturated heterocycles. The third-order valence-electron chi connectivity index (χ3n) is 1.50. The van der Waals surface area contributed by atoms with E-state index in [1.165, 1.54) is 6.20 Å². The van der Waals surface area contributed by atoms with E-state index in [0.29, 0.717) is 17.1 Å². The number of nitrogens with zero attached hydrogens (tertiary/aromatic N) is 2. The first-order chi connectivity index (χ1) is 6.76. The molecule has 1 N–H and O–H groups in total. The molecule has 0 aromatic carbocycles. The summed E-state index contributed by atoms with van der Waals surface area (Å²) in [6.07, 6.45) is 2.31. The number of hydrogen-bond donors (Lipinski definition) is 1. The number of hydrogen-bond acceptors (Lipinski definition) is 3. The first-order valence-electron chi connectivity index (χ1n) is 4.27. The predicted octanol–water partition coefficient (Wildman–Crippen LogP) is 1.44. The zero-order valence-corrected chi connectivity index (χ0v) is 8.67. The molecule has 0 spiro atoms. The average molecular weight is 209 g/mol. The van der Waals surface area contributed by atoms with Crippen LogP contribution in [0.2, 0.25) is 0 Å². The van der Waals surface area contributed by atoms with E-state index in [4.69, 9.17) is 5.26 Å². The van der Waals surface area contributed by atoms with Crippen molar-refractivity contribution in [3.63, 3.8) is 0 Å². The molecule has 4 nitrogen and oxygen atoms in total. The SMILES string of the molecule is CCCS(=O)Nc1ccc(C#N)cn1. The van der Waals surface area contributed by atoms with E-state index in [9.17, 15) is 4.21 Å². The molecule has 1 aromatic rings. The van der Waals surface area contributed by atoms with Crippen LogP contribution in [0.15, 0.2) is 18.3 Å². The van der Waals surface area contributed by atoms with Crippen molar-refractivity contribution in [1.82, 2.24) is 4.98 Å². The van der Waals surface area contributed by atoms with Crippen LogP contribution in [0.4, 0.5) is 5.82 Å². The van der Waals surface area contributed by atoms with Gasteiger partial charge in [-0.15, -0.1) is 0 Å².